The Morgan fingerprint density at radius 3 is 3.06 bits per heavy atom. The molecule has 0 amide bonds. The Kier molecular flexibility index (Phi) is 3.46. The van der Waals surface area contributed by atoms with Crippen molar-refractivity contribution in [1.82, 2.24) is 0 Å². The van der Waals surface area contributed by atoms with Gasteiger partial charge < -0.3 is 15.4 Å². The molecule has 1 aliphatic heterocycles. The van der Waals surface area contributed by atoms with Gasteiger partial charge in [-0.2, -0.15) is 0 Å². The lowest BCUT2D eigenvalue weighted by Crippen LogP contribution is -2.48. The third-order valence-electron chi connectivity index (χ3n) is 4.04. The van der Waals surface area contributed by atoms with Gasteiger partial charge in [0.05, 0.1) is 29.5 Å². The van der Waals surface area contributed by atoms with Crippen LogP contribution < -0.4 is 10.6 Å². The van der Waals surface area contributed by atoms with Crippen molar-refractivity contribution in [2.75, 3.05) is 18.1 Å². The molecule has 98 valence electrons. The predicted molar refractivity (Wildman–Crippen MR) is 74.1 cm³/mol. The normalized spacial score (nSPS) is 27.3. The molecule has 0 bridgehead atoms. The molecule has 0 radical (unpaired) electrons. The highest BCUT2D eigenvalue weighted by Crippen LogP contribution is 2.36. The maximum Gasteiger partial charge on any atom is 0.0779 e. The molecule has 4 heteroatoms. The Hall–Kier alpha value is -0.770. The lowest BCUT2D eigenvalue weighted by molar-refractivity contribution is 0.0256. The third-order valence-corrected chi connectivity index (χ3v) is 4.34. The standard InChI is InChI=1S/C14H19ClN2O/c15-11-8-10(9-16)4-5-12(11)17-6-7-18-14-3-1-2-13(14)17/h4-5,8,13-14H,1-3,6-7,9,16H2. The molecule has 1 aliphatic carbocycles. The van der Waals surface area contributed by atoms with Crippen LogP contribution in [0.5, 0.6) is 0 Å². The average Bonchev–Trinajstić information content (AvgIpc) is 2.87. The first-order valence-corrected chi connectivity index (χ1v) is 7.04. The van der Waals surface area contributed by atoms with E-state index >= 15 is 0 Å². The van der Waals surface area contributed by atoms with E-state index in [1.165, 1.54) is 19.3 Å². The molecule has 1 saturated carbocycles. The molecule has 2 N–H and O–H groups in total. The summed E-state index contributed by atoms with van der Waals surface area (Å²) in [5, 5.41) is 0.811. The van der Waals surface area contributed by atoms with Crippen molar-refractivity contribution in [3.05, 3.63) is 28.8 Å². The van der Waals surface area contributed by atoms with Crippen LogP contribution in [-0.4, -0.2) is 25.3 Å². The van der Waals surface area contributed by atoms with E-state index in [0.29, 0.717) is 18.7 Å². The number of benzene rings is 1. The van der Waals surface area contributed by atoms with Crippen LogP contribution in [0.4, 0.5) is 5.69 Å². The number of nitrogens with two attached hydrogens (primary N) is 1. The molecule has 1 aromatic carbocycles. The molecule has 3 rings (SSSR count). The number of hydrogen-bond donors (Lipinski definition) is 1. The topological polar surface area (TPSA) is 38.5 Å². The van der Waals surface area contributed by atoms with E-state index < -0.39 is 0 Å². The minimum absolute atomic E-state index is 0.393. The summed E-state index contributed by atoms with van der Waals surface area (Å²) in [6.07, 6.45) is 4.04. The Morgan fingerprint density at radius 1 is 1.39 bits per heavy atom. The van der Waals surface area contributed by atoms with Crippen LogP contribution in [0.3, 0.4) is 0 Å². The molecular weight excluding hydrogens is 248 g/mol. The van der Waals surface area contributed by atoms with Gasteiger partial charge in [0.2, 0.25) is 0 Å². The van der Waals surface area contributed by atoms with Crippen molar-refractivity contribution in [1.29, 1.82) is 0 Å². The van der Waals surface area contributed by atoms with Crippen molar-refractivity contribution in [2.45, 2.75) is 38.0 Å². The minimum atomic E-state index is 0.393. The van der Waals surface area contributed by atoms with Gasteiger partial charge in [0.25, 0.3) is 0 Å². The van der Waals surface area contributed by atoms with Gasteiger partial charge in [0, 0.05) is 13.1 Å². The Labute approximate surface area is 113 Å². The molecule has 3 nitrogen and oxygen atoms in total. The quantitative estimate of drug-likeness (QED) is 0.894. The number of morpholine rings is 1. The van der Waals surface area contributed by atoms with Gasteiger partial charge in [-0.05, 0) is 37.0 Å². The lowest BCUT2D eigenvalue weighted by Gasteiger charge is -2.39. The van der Waals surface area contributed by atoms with Crippen molar-refractivity contribution in [3.63, 3.8) is 0 Å². The number of fused-ring (bicyclic) bond motifs is 1. The first-order valence-electron chi connectivity index (χ1n) is 6.66. The number of hydrogen-bond acceptors (Lipinski definition) is 3. The molecule has 1 aromatic rings. The SMILES string of the molecule is NCc1ccc(N2CCOC3CCCC32)c(Cl)c1. The highest BCUT2D eigenvalue weighted by molar-refractivity contribution is 6.33. The predicted octanol–water partition coefficient (Wildman–Crippen LogP) is 2.56. The summed E-state index contributed by atoms with van der Waals surface area (Å²) in [4.78, 5) is 2.42. The molecule has 2 aliphatic rings. The lowest BCUT2D eigenvalue weighted by atomic mass is 10.1. The van der Waals surface area contributed by atoms with E-state index in [4.69, 9.17) is 22.1 Å². The Balaban J connectivity index is 1.89. The first-order chi connectivity index (χ1) is 8.79. The highest BCUT2D eigenvalue weighted by atomic mass is 35.5. The molecular formula is C14H19ClN2O. The number of ether oxygens (including phenoxy) is 1. The summed E-state index contributed by atoms with van der Waals surface area (Å²) >= 11 is 6.39. The van der Waals surface area contributed by atoms with Crippen LogP contribution in [0, 0.1) is 0 Å². The summed E-state index contributed by atoms with van der Waals surface area (Å²) in [5.41, 5.74) is 7.86. The van der Waals surface area contributed by atoms with Crippen LogP contribution in [0.1, 0.15) is 24.8 Å². The van der Waals surface area contributed by atoms with Crippen LogP contribution in [0.15, 0.2) is 18.2 Å². The third kappa shape index (κ3) is 2.11. The van der Waals surface area contributed by atoms with E-state index in [1.807, 2.05) is 6.07 Å². The minimum Gasteiger partial charge on any atom is -0.374 e. The molecule has 1 heterocycles. The van der Waals surface area contributed by atoms with Gasteiger partial charge in [0.1, 0.15) is 0 Å². The Bertz CT molecular complexity index is 438. The van der Waals surface area contributed by atoms with E-state index in [-0.39, 0.29) is 0 Å². The fourth-order valence-electron chi connectivity index (χ4n) is 3.14. The van der Waals surface area contributed by atoms with Crippen LogP contribution in [-0.2, 0) is 11.3 Å². The van der Waals surface area contributed by atoms with E-state index in [1.54, 1.807) is 0 Å². The summed E-state index contributed by atoms with van der Waals surface area (Å²) in [5.74, 6) is 0. The zero-order chi connectivity index (χ0) is 12.5. The van der Waals surface area contributed by atoms with Gasteiger partial charge in [-0.15, -0.1) is 0 Å². The molecule has 0 aromatic heterocycles. The maximum atomic E-state index is 6.39. The maximum absolute atomic E-state index is 6.39. The van der Waals surface area contributed by atoms with Crippen molar-refractivity contribution >= 4 is 17.3 Å². The van der Waals surface area contributed by atoms with E-state index in [9.17, 15) is 0 Å². The van der Waals surface area contributed by atoms with Crippen LogP contribution >= 0.6 is 11.6 Å². The fourth-order valence-corrected chi connectivity index (χ4v) is 3.45. The summed E-state index contributed by atoms with van der Waals surface area (Å²) in [7, 11) is 0. The number of nitrogens with zero attached hydrogens (tertiary/aromatic N) is 1. The second kappa shape index (κ2) is 5.08. The van der Waals surface area contributed by atoms with Gasteiger partial charge in [-0.3, -0.25) is 0 Å². The van der Waals surface area contributed by atoms with Crippen LogP contribution in [0.25, 0.3) is 0 Å². The summed E-state index contributed by atoms with van der Waals surface area (Å²) in [6.45, 7) is 2.27. The molecule has 2 fully saturated rings. The van der Waals surface area contributed by atoms with Gasteiger partial charge in [-0.1, -0.05) is 17.7 Å². The summed E-state index contributed by atoms with van der Waals surface area (Å²) in [6, 6.07) is 6.65. The molecule has 2 unspecified atom stereocenters. The highest BCUT2D eigenvalue weighted by Gasteiger charge is 2.36. The molecule has 0 spiro atoms. The van der Waals surface area contributed by atoms with Gasteiger partial charge >= 0.3 is 0 Å². The number of rotatable bonds is 2. The van der Waals surface area contributed by atoms with Gasteiger partial charge in [0.15, 0.2) is 0 Å². The zero-order valence-electron chi connectivity index (χ0n) is 10.4. The first kappa shape index (κ1) is 12.3. The van der Waals surface area contributed by atoms with E-state index in [0.717, 1.165) is 29.4 Å². The van der Waals surface area contributed by atoms with Crippen molar-refractivity contribution in [2.24, 2.45) is 5.73 Å². The summed E-state index contributed by atoms with van der Waals surface area (Å²) < 4.78 is 5.83. The zero-order valence-corrected chi connectivity index (χ0v) is 11.2. The van der Waals surface area contributed by atoms with Crippen LogP contribution in [0.2, 0.25) is 5.02 Å². The smallest absolute Gasteiger partial charge is 0.0779 e. The molecule has 2 atom stereocenters. The van der Waals surface area contributed by atoms with Crippen molar-refractivity contribution in [3.8, 4) is 0 Å². The monoisotopic (exact) mass is 266 g/mol. The largest absolute Gasteiger partial charge is 0.374 e. The Morgan fingerprint density at radius 2 is 2.28 bits per heavy atom. The number of halogens is 1. The molecule has 1 saturated heterocycles. The molecule has 18 heavy (non-hydrogen) atoms. The van der Waals surface area contributed by atoms with E-state index in [2.05, 4.69) is 17.0 Å². The van der Waals surface area contributed by atoms with Gasteiger partial charge in [-0.25, -0.2) is 0 Å². The number of anilines is 1. The fraction of sp³-hybridized carbons (Fsp3) is 0.571. The average molecular weight is 267 g/mol. The second-order valence-corrected chi connectivity index (χ2v) is 5.50. The second-order valence-electron chi connectivity index (χ2n) is 5.09. The van der Waals surface area contributed by atoms with Crippen molar-refractivity contribution < 1.29 is 4.74 Å².